The topological polar surface area (TPSA) is 36.1 Å². The highest BCUT2D eigenvalue weighted by atomic mass is 16.2. The normalized spacial score (nSPS) is 22.9. The highest BCUT2D eigenvalue weighted by Crippen LogP contribution is 2.28. The number of benzene rings is 1. The second-order valence-corrected chi connectivity index (χ2v) is 6.08. The van der Waals surface area contributed by atoms with Crippen molar-refractivity contribution in [1.82, 2.24) is 9.88 Å². The Morgan fingerprint density at radius 3 is 2.70 bits per heavy atom. The second-order valence-electron chi connectivity index (χ2n) is 6.08. The first kappa shape index (κ1) is 13.2. The molecule has 0 atom stereocenters. The summed E-state index contributed by atoms with van der Waals surface area (Å²) in [7, 11) is 1.95. The molecule has 1 fully saturated rings. The maximum Gasteiger partial charge on any atom is 0.255 e. The fraction of sp³-hybridized carbons (Fsp3) is 0.471. The number of aromatic amines is 1. The smallest absolute Gasteiger partial charge is 0.255 e. The standard InChI is InChI=1S/C17H22N2O/c1-12-6-8-14(9-7-12)19(2)17(20)15-5-3-4-13-10-11-18-16(13)15/h3-5,10-12,14,18H,6-9H2,1-2H3. The Morgan fingerprint density at radius 1 is 1.20 bits per heavy atom. The first-order valence-corrected chi connectivity index (χ1v) is 7.50. The van der Waals surface area contributed by atoms with E-state index in [4.69, 9.17) is 0 Å². The minimum absolute atomic E-state index is 0.137. The Bertz CT molecular complexity index is 608. The molecule has 0 saturated heterocycles. The maximum atomic E-state index is 12.7. The summed E-state index contributed by atoms with van der Waals surface area (Å²) < 4.78 is 0. The number of carbonyl (C=O) groups excluding carboxylic acids is 1. The lowest BCUT2D eigenvalue weighted by Crippen LogP contribution is -2.39. The average molecular weight is 270 g/mol. The maximum absolute atomic E-state index is 12.7. The lowest BCUT2D eigenvalue weighted by atomic mass is 9.86. The van der Waals surface area contributed by atoms with Crippen molar-refractivity contribution in [1.29, 1.82) is 0 Å². The number of rotatable bonds is 2. The van der Waals surface area contributed by atoms with Crippen LogP contribution in [0.25, 0.3) is 10.9 Å². The van der Waals surface area contributed by atoms with Gasteiger partial charge in [-0.2, -0.15) is 0 Å². The lowest BCUT2D eigenvalue weighted by Gasteiger charge is -2.33. The van der Waals surface area contributed by atoms with Gasteiger partial charge in [0.15, 0.2) is 0 Å². The predicted octanol–water partition coefficient (Wildman–Crippen LogP) is 3.82. The van der Waals surface area contributed by atoms with Crippen LogP contribution in [-0.2, 0) is 0 Å². The molecule has 0 aliphatic heterocycles. The van der Waals surface area contributed by atoms with Crippen LogP contribution in [0.5, 0.6) is 0 Å². The summed E-state index contributed by atoms with van der Waals surface area (Å²) in [5.41, 5.74) is 1.74. The van der Waals surface area contributed by atoms with Crippen LogP contribution in [0.4, 0.5) is 0 Å². The quantitative estimate of drug-likeness (QED) is 0.884. The molecule has 1 aliphatic carbocycles. The largest absolute Gasteiger partial charge is 0.361 e. The monoisotopic (exact) mass is 270 g/mol. The number of fused-ring (bicyclic) bond motifs is 1. The van der Waals surface area contributed by atoms with Gasteiger partial charge in [-0.1, -0.05) is 19.1 Å². The van der Waals surface area contributed by atoms with E-state index in [0.29, 0.717) is 6.04 Å². The van der Waals surface area contributed by atoms with Gasteiger partial charge in [-0.3, -0.25) is 4.79 Å². The number of amides is 1. The van der Waals surface area contributed by atoms with Crippen LogP contribution >= 0.6 is 0 Å². The van der Waals surface area contributed by atoms with Gasteiger partial charge in [-0.25, -0.2) is 0 Å². The molecule has 3 nitrogen and oxygen atoms in total. The molecule has 1 N–H and O–H groups in total. The minimum atomic E-state index is 0.137. The van der Waals surface area contributed by atoms with E-state index in [0.717, 1.165) is 35.2 Å². The molecule has 3 heteroatoms. The van der Waals surface area contributed by atoms with Gasteiger partial charge in [-0.05, 0) is 43.7 Å². The Kier molecular flexibility index (Phi) is 3.51. The van der Waals surface area contributed by atoms with Crippen molar-refractivity contribution in [2.75, 3.05) is 7.05 Å². The molecule has 20 heavy (non-hydrogen) atoms. The van der Waals surface area contributed by atoms with Crippen molar-refractivity contribution in [3.63, 3.8) is 0 Å². The SMILES string of the molecule is CC1CCC(N(C)C(=O)c2cccc3cc[nH]c23)CC1. The summed E-state index contributed by atoms with van der Waals surface area (Å²) in [6, 6.07) is 8.31. The number of carbonyl (C=O) groups is 1. The van der Waals surface area contributed by atoms with Crippen molar-refractivity contribution in [2.24, 2.45) is 5.92 Å². The third-order valence-corrected chi connectivity index (χ3v) is 4.67. The summed E-state index contributed by atoms with van der Waals surface area (Å²) in [6.07, 6.45) is 6.61. The van der Waals surface area contributed by atoms with Gasteiger partial charge >= 0.3 is 0 Å². The summed E-state index contributed by atoms with van der Waals surface area (Å²) in [5.74, 6) is 0.944. The summed E-state index contributed by atoms with van der Waals surface area (Å²) >= 11 is 0. The van der Waals surface area contributed by atoms with Crippen molar-refractivity contribution in [3.05, 3.63) is 36.0 Å². The van der Waals surface area contributed by atoms with Crippen LogP contribution in [0.2, 0.25) is 0 Å². The molecule has 0 radical (unpaired) electrons. The van der Waals surface area contributed by atoms with E-state index in [9.17, 15) is 4.79 Å². The van der Waals surface area contributed by atoms with E-state index in [1.807, 2.05) is 42.4 Å². The molecule has 0 spiro atoms. The molecule has 1 aliphatic rings. The number of H-pyrrole nitrogens is 1. The van der Waals surface area contributed by atoms with E-state index < -0.39 is 0 Å². The molecule has 106 valence electrons. The van der Waals surface area contributed by atoms with Gasteiger partial charge in [-0.15, -0.1) is 0 Å². The van der Waals surface area contributed by atoms with E-state index >= 15 is 0 Å². The Labute approximate surface area is 120 Å². The first-order chi connectivity index (χ1) is 9.66. The molecule has 1 aromatic carbocycles. The van der Waals surface area contributed by atoms with Gasteiger partial charge < -0.3 is 9.88 Å². The summed E-state index contributed by atoms with van der Waals surface area (Å²) in [6.45, 7) is 2.30. The number of nitrogens with zero attached hydrogens (tertiary/aromatic N) is 1. The van der Waals surface area contributed by atoms with E-state index in [1.54, 1.807) is 0 Å². The van der Waals surface area contributed by atoms with Crippen molar-refractivity contribution in [3.8, 4) is 0 Å². The Balaban J connectivity index is 1.83. The van der Waals surface area contributed by atoms with Gasteiger partial charge in [0.2, 0.25) is 0 Å². The van der Waals surface area contributed by atoms with Gasteiger partial charge in [0, 0.05) is 24.7 Å². The predicted molar refractivity (Wildman–Crippen MR) is 81.8 cm³/mol. The number of hydrogen-bond donors (Lipinski definition) is 1. The van der Waals surface area contributed by atoms with Crippen LogP contribution < -0.4 is 0 Å². The molecule has 1 saturated carbocycles. The lowest BCUT2D eigenvalue weighted by molar-refractivity contribution is 0.0681. The average Bonchev–Trinajstić information content (AvgIpc) is 2.95. The van der Waals surface area contributed by atoms with Crippen LogP contribution in [-0.4, -0.2) is 28.9 Å². The van der Waals surface area contributed by atoms with Crippen LogP contribution in [0.3, 0.4) is 0 Å². The molecular weight excluding hydrogens is 248 g/mol. The van der Waals surface area contributed by atoms with Gasteiger partial charge in [0.1, 0.15) is 0 Å². The third kappa shape index (κ3) is 2.33. The zero-order chi connectivity index (χ0) is 14.1. The zero-order valence-electron chi connectivity index (χ0n) is 12.2. The van der Waals surface area contributed by atoms with E-state index in [1.165, 1.54) is 12.8 Å². The zero-order valence-corrected chi connectivity index (χ0v) is 12.2. The molecule has 0 unspecified atom stereocenters. The van der Waals surface area contributed by atoms with Crippen LogP contribution in [0, 0.1) is 5.92 Å². The number of para-hydroxylation sites is 1. The number of nitrogens with one attached hydrogen (secondary N) is 1. The third-order valence-electron chi connectivity index (χ3n) is 4.67. The van der Waals surface area contributed by atoms with Crippen molar-refractivity contribution >= 4 is 16.8 Å². The van der Waals surface area contributed by atoms with Gasteiger partial charge in [0.05, 0.1) is 11.1 Å². The van der Waals surface area contributed by atoms with Crippen molar-refractivity contribution in [2.45, 2.75) is 38.6 Å². The number of aromatic nitrogens is 1. The molecule has 1 aromatic heterocycles. The van der Waals surface area contributed by atoms with Crippen LogP contribution in [0.15, 0.2) is 30.5 Å². The molecule has 1 amide bonds. The second kappa shape index (κ2) is 5.31. The Morgan fingerprint density at radius 2 is 1.95 bits per heavy atom. The fourth-order valence-corrected chi connectivity index (χ4v) is 3.25. The number of hydrogen-bond acceptors (Lipinski definition) is 1. The molecule has 1 heterocycles. The fourth-order valence-electron chi connectivity index (χ4n) is 3.25. The minimum Gasteiger partial charge on any atom is -0.361 e. The molecule has 0 bridgehead atoms. The van der Waals surface area contributed by atoms with Crippen molar-refractivity contribution < 1.29 is 4.79 Å². The Hall–Kier alpha value is -1.77. The summed E-state index contributed by atoms with van der Waals surface area (Å²) in [5, 5.41) is 1.10. The highest BCUT2D eigenvalue weighted by Gasteiger charge is 2.26. The van der Waals surface area contributed by atoms with E-state index in [-0.39, 0.29) is 5.91 Å². The van der Waals surface area contributed by atoms with Crippen LogP contribution in [0.1, 0.15) is 43.0 Å². The molecule has 3 rings (SSSR count). The summed E-state index contributed by atoms with van der Waals surface area (Å²) in [4.78, 5) is 17.9. The molecule has 2 aromatic rings. The first-order valence-electron chi connectivity index (χ1n) is 7.50. The highest BCUT2D eigenvalue weighted by molar-refractivity contribution is 6.05. The van der Waals surface area contributed by atoms with Gasteiger partial charge in [0.25, 0.3) is 5.91 Å². The van der Waals surface area contributed by atoms with E-state index in [2.05, 4.69) is 11.9 Å². The molecular formula is C17H22N2O.